The second kappa shape index (κ2) is 7.93. The van der Waals surface area contributed by atoms with E-state index >= 15 is 0 Å². The number of aromatic nitrogens is 1. The zero-order valence-electron chi connectivity index (χ0n) is 13.2. The number of benzene rings is 1. The Kier molecular flexibility index (Phi) is 5.68. The van der Waals surface area contributed by atoms with E-state index in [4.69, 9.17) is 4.74 Å². The van der Waals surface area contributed by atoms with Gasteiger partial charge in [0.05, 0.1) is 12.7 Å². The van der Waals surface area contributed by atoms with Crippen molar-refractivity contribution in [3.63, 3.8) is 0 Å². The zero-order chi connectivity index (χ0) is 16.7. The van der Waals surface area contributed by atoms with Crippen LogP contribution < -0.4 is 10.1 Å². The second-order valence-electron chi connectivity index (χ2n) is 4.84. The molecule has 0 spiro atoms. The highest BCUT2D eigenvalue weighted by Gasteiger charge is 2.17. The van der Waals surface area contributed by atoms with Crippen LogP contribution >= 0.6 is 0 Å². The van der Waals surface area contributed by atoms with Gasteiger partial charge in [0.15, 0.2) is 0 Å². The third kappa shape index (κ3) is 4.54. The molecule has 0 saturated heterocycles. The molecule has 0 unspecified atom stereocenters. The molecule has 1 aromatic carbocycles. The summed E-state index contributed by atoms with van der Waals surface area (Å²) in [5, 5.41) is 2.76. The molecule has 2 rings (SSSR count). The molecule has 0 atom stereocenters. The Morgan fingerprint density at radius 2 is 2.09 bits per heavy atom. The molecule has 0 aliphatic rings. The Labute approximate surface area is 135 Å². The van der Waals surface area contributed by atoms with Crippen molar-refractivity contribution in [2.45, 2.75) is 6.92 Å². The SMILES string of the molecule is CCN(CC(=O)Nc1cccc(OC)c1)C(=O)c1cccnc1. The van der Waals surface area contributed by atoms with Crippen molar-refractivity contribution in [3.8, 4) is 5.75 Å². The highest BCUT2D eigenvalue weighted by molar-refractivity contribution is 5.99. The molecule has 1 N–H and O–H groups in total. The fourth-order valence-corrected chi connectivity index (χ4v) is 2.07. The van der Waals surface area contributed by atoms with E-state index in [-0.39, 0.29) is 18.4 Å². The fourth-order valence-electron chi connectivity index (χ4n) is 2.07. The first-order valence-corrected chi connectivity index (χ1v) is 7.27. The summed E-state index contributed by atoms with van der Waals surface area (Å²) in [4.78, 5) is 29.9. The van der Waals surface area contributed by atoms with Crippen LogP contribution in [-0.2, 0) is 4.79 Å². The lowest BCUT2D eigenvalue weighted by atomic mass is 10.2. The lowest BCUT2D eigenvalue weighted by molar-refractivity contribution is -0.116. The van der Waals surface area contributed by atoms with Crippen LogP contribution in [0.5, 0.6) is 5.75 Å². The average molecular weight is 313 g/mol. The molecule has 1 aromatic heterocycles. The number of amides is 2. The molecule has 2 aromatic rings. The molecule has 0 aliphatic heterocycles. The Balaban J connectivity index is 2.00. The van der Waals surface area contributed by atoms with Gasteiger partial charge in [0.1, 0.15) is 12.3 Å². The fraction of sp³-hybridized carbons (Fsp3) is 0.235. The van der Waals surface area contributed by atoms with Gasteiger partial charge in [-0.3, -0.25) is 14.6 Å². The van der Waals surface area contributed by atoms with Gasteiger partial charge in [0.25, 0.3) is 5.91 Å². The molecule has 0 saturated carbocycles. The number of nitrogens with zero attached hydrogens (tertiary/aromatic N) is 2. The number of methoxy groups -OCH3 is 1. The van der Waals surface area contributed by atoms with Crippen LogP contribution in [0, 0.1) is 0 Å². The van der Waals surface area contributed by atoms with E-state index in [9.17, 15) is 9.59 Å². The van der Waals surface area contributed by atoms with Gasteiger partial charge < -0.3 is 15.0 Å². The molecule has 6 heteroatoms. The predicted octanol–water partition coefficient (Wildman–Crippen LogP) is 2.19. The van der Waals surface area contributed by atoms with Gasteiger partial charge in [-0.05, 0) is 31.2 Å². The number of ether oxygens (including phenoxy) is 1. The molecule has 23 heavy (non-hydrogen) atoms. The Bertz CT molecular complexity index is 674. The number of rotatable bonds is 6. The van der Waals surface area contributed by atoms with Crippen molar-refractivity contribution < 1.29 is 14.3 Å². The van der Waals surface area contributed by atoms with Gasteiger partial charge >= 0.3 is 0 Å². The maximum absolute atomic E-state index is 12.4. The summed E-state index contributed by atoms with van der Waals surface area (Å²) < 4.78 is 5.11. The summed E-state index contributed by atoms with van der Waals surface area (Å²) in [6.07, 6.45) is 3.09. The van der Waals surface area contributed by atoms with Gasteiger partial charge in [0.2, 0.25) is 5.91 Å². The molecular formula is C17H19N3O3. The van der Waals surface area contributed by atoms with Crippen molar-refractivity contribution in [2.75, 3.05) is 25.5 Å². The van der Waals surface area contributed by atoms with Gasteiger partial charge in [-0.25, -0.2) is 0 Å². The number of nitrogens with one attached hydrogen (secondary N) is 1. The van der Waals surface area contributed by atoms with Crippen molar-refractivity contribution in [1.82, 2.24) is 9.88 Å². The third-order valence-electron chi connectivity index (χ3n) is 3.27. The molecular weight excluding hydrogens is 294 g/mol. The third-order valence-corrected chi connectivity index (χ3v) is 3.27. The number of hydrogen-bond acceptors (Lipinski definition) is 4. The highest BCUT2D eigenvalue weighted by Crippen LogP contribution is 2.16. The van der Waals surface area contributed by atoms with Crippen molar-refractivity contribution in [2.24, 2.45) is 0 Å². The van der Waals surface area contributed by atoms with Crippen molar-refractivity contribution in [3.05, 3.63) is 54.4 Å². The van der Waals surface area contributed by atoms with Gasteiger partial charge in [0, 0.05) is 30.7 Å². The van der Waals surface area contributed by atoms with Crippen molar-refractivity contribution in [1.29, 1.82) is 0 Å². The number of pyridine rings is 1. The first kappa shape index (κ1) is 16.5. The van der Waals surface area contributed by atoms with Gasteiger partial charge in [-0.2, -0.15) is 0 Å². The molecule has 2 amide bonds. The number of likely N-dealkylation sites (N-methyl/N-ethyl adjacent to an activating group) is 1. The average Bonchev–Trinajstić information content (AvgIpc) is 2.60. The highest BCUT2D eigenvalue weighted by atomic mass is 16.5. The van der Waals surface area contributed by atoms with E-state index in [0.29, 0.717) is 23.5 Å². The number of carbonyl (C=O) groups excluding carboxylic acids is 2. The summed E-state index contributed by atoms with van der Waals surface area (Å²) >= 11 is 0. The van der Waals surface area contributed by atoms with Crippen LogP contribution in [0.2, 0.25) is 0 Å². The van der Waals surface area contributed by atoms with Crippen LogP contribution in [0.4, 0.5) is 5.69 Å². The number of anilines is 1. The quantitative estimate of drug-likeness (QED) is 0.887. The minimum Gasteiger partial charge on any atom is -0.497 e. The maximum atomic E-state index is 12.4. The van der Waals surface area contributed by atoms with E-state index < -0.39 is 0 Å². The second-order valence-corrected chi connectivity index (χ2v) is 4.84. The Hall–Kier alpha value is -2.89. The minimum atomic E-state index is -0.266. The van der Waals surface area contributed by atoms with Gasteiger partial charge in [-0.15, -0.1) is 0 Å². The van der Waals surface area contributed by atoms with Crippen LogP contribution in [0.25, 0.3) is 0 Å². The Morgan fingerprint density at radius 3 is 2.74 bits per heavy atom. The van der Waals surface area contributed by atoms with Crippen molar-refractivity contribution >= 4 is 17.5 Å². The predicted molar refractivity (Wildman–Crippen MR) is 87.4 cm³/mol. The molecule has 0 radical (unpaired) electrons. The topological polar surface area (TPSA) is 71.5 Å². The standard InChI is InChI=1S/C17H19N3O3/c1-3-20(17(22)13-6-5-9-18-11-13)12-16(21)19-14-7-4-8-15(10-14)23-2/h4-11H,3,12H2,1-2H3,(H,19,21). The summed E-state index contributed by atoms with van der Waals surface area (Å²) in [6.45, 7) is 2.23. The van der Waals surface area contributed by atoms with E-state index in [1.165, 1.54) is 11.1 Å². The first-order chi connectivity index (χ1) is 11.1. The maximum Gasteiger partial charge on any atom is 0.255 e. The molecule has 0 aliphatic carbocycles. The van der Waals surface area contributed by atoms with Gasteiger partial charge in [-0.1, -0.05) is 6.07 Å². The zero-order valence-corrected chi connectivity index (χ0v) is 13.2. The van der Waals surface area contributed by atoms with Crippen LogP contribution in [0.15, 0.2) is 48.8 Å². The molecule has 1 heterocycles. The first-order valence-electron chi connectivity index (χ1n) is 7.27. The van der Waals surface area contributed by atoms with Crippen LogP contribution in [0.3, 0.4) is 0 Å². The summed E-state index contributed by atoms with van der Waals surface area (Å²) in [6, 6.07) is 10.4. The molecule has 120 valence electrons. The number of hydrogen-bond donors (Lipinski definition) is 1. The van der Waals surface area contributed by atoms with E-state index in [2.05, 4.69) is 10.3 Å². The van der Waals surface area contributed by atoms with Crippen LogP contribution in [0.1, 0.15) is 17.3 Å². The minimum absolute atomic E-state index is 0.0264. The lowest BCUT2D eigenvalue weighted by Crippen LogP contribution is -2.37. The van der Waals surface area contributed by atoms with E-state index in [1.54, 1.807) is 49.7 Å². The number of carbonyl (C=O) groups is 2. The van der Waals surface area contributed by atoms with E-state index in [0.717, 1.165) is 0 Å². The monoisotopic (exact) mass is 313 g/mol. The van der Waals surface area contributed by atoms with E-state index in [1.807, 2.05) is 6.92 Å². The molecule has 0 fully saturated rings. The largest absolute Gasteiger partial charge is 0.497 e. The summed E-state index contributed by atoms with van der Waals surface area (Å²) in [5.41, 5.74) is 1.09. The summed E-state index contributed by atoms with van der Waals surface area (Å²) in [7, 11) is 1.56. The normalized spacial score (nSPS) is 10.0. The Morgan fingerprint density at radius 1 is 1.26 bits per heavy atom. The molecule has 6 nitrogen and oxygen atoms in total. The smallest absolute Gasteiger partial charge is 0.255 e. The lowest BCUT2D eigenvalue weighted by Gasteiger charge is -2.20. The molecule has 0 bridgehead atoms. The van der Waals surface area contributed by atoms with Crippen LogP contribution in [-0.4, -0.2) is 41.9 Å². The summed E-state index contributed by atoms with van der Waals surface area (Å²) in [5.74, 6) is 0.167.